The van der Waals surface area contributed by atoms with Crippen molar-refractivity contribution in [2.24, 2.45) is 11.3 Å². The molecule has 0 radical (unpaired) electrons. The Balaban J connectivity index is 3.73. The van der Waals surface area contributed by atoms with Crippen LogP contribution >= 0.6 is 0 Å². The Morgan fingerprint density at radius 1 is 1.17 bits per heavy atom. The smallest absolute Gasteiger partial charge is 0.00872 e. The van der Waals surface area contributed by atoms with Crippen LogP contribution in [0.3, 0.4) is 0 Å². The Labute approximate surface area is 77.9 Å². The maximum absolute atomic E-state index is 3.37. The highest BCUT2D eigenvalue weighted by Gasteiger charge is 2.15. The topological polar surface area (TPSA) is 12.0 Å². The fraction of sp³-hybridized carbons (Fsp3) is 1.00. The molecule has 0 aliphatic rings. The molecule has 0 aromatic heterocycles. The Bertz CT molecular complexity index is 111. The molecular weight excluding hydrogens is 146 g/mol. The molecule has 0 amide bonds. The lowest BCUT2D eigenvalue weighted by Crippen LogP contribution is -2.31. The van der Waals surface area contributed by atoms with Gasteiger partial charge in [-0.05, 0) is 31.2 Å². The van der Waals surface area contributed by atoms with Crippen molar-refractivity contribution in [3.63, 3.8) is 0 Å². The zero-order valence-electron chi connectivity index (χ0n) is 9.57. The Morgan fingerprint density at radius 2 is 1.67 bits per heavy atom. The van der Waals surface area contributed by atoms with Crippen molar-refractivity contribution in [3.8, 4) is 0 Å². The van der Waals surface area contributed by atoms with Crippen LogP contribution in [0.1, 0.15) is 47.5 Å². The van der Waals surface area contributed by atoms with Crippen LogP contribution in [-0.4, -0.2) is 13.1 Å². The molecule has 1 atom stereocenters. The summed E-state index contributed by atoms with van der Waals surface area (Å²) in [4.78, 5) is 0. The third kappa shape index (κ3) is 5.59. The van der Waals surface area contributed by atoms with Gasteiger partial charge < -0.3 is 5.32 Å². The summed E-state index contributed by atoms with van der Waals surface area (Å²) in [5, 5.41) is 3.37. The predicted octanol–water partition coefficient (Wildman–Crippen LogP) is 3.06. The first-order valence-corrected chi connectivity index (χ1v) is 5.04. The highest BCUT2D eigenvalue weighted by Crippen LogP contribution is 2.23. The molecule has 0 rings (SSSR count). The molecule has 0 aromatic carbocycles. The second-order valence-corrected chi connectivity index (χ2v) is 5.24. The third-order valence-electron chi connectivity index (χ3n) is 2.38. The minimum absolute atomic E-state index is 0.476. The highest BCUT2D eigenvalue weighted by molar-refractivity contribution is 4.72. The van der Waals surface area contributed by atoms with Gasteiger partial charge in [0, 0.05) is 6.04 Å². The second kappa shape index (κ2) is 4.86. The molecule has 12 heavy (non-hydrogen) atoms. The van der Waals surface area contributed by atoms with E-state index < -0.39 is 0 Å². The van der Waals surface area contributed by atoms with E-state index in [1.54, 1.807) is 0 Å². The molecule has 0 bridgehead atoms. The van der Waals surface area contributed by atoms with Gasteiger partial charge in [-0.1, -0.05) is 34.6 Å². The summed E-state index contributed by atoms with van der Waals surface area (Å²) in [6, 6.07) is 0.684. The van der Waals surface area contributed by atoms with Gasteiger partial charge in [0.15, 0.2) is 0 Å². The van der Waals surface area contributed by atoms with Crippen LogP contribution in [-0.2, 0) is 0 Å². The van der Waals surface area contributed by atoms with E-state index in [1.807, 2.05) is 0 Å². The molecule has 1 unspecified atom stereocenters. The van der Waals surface area contributed by atoms with E-state index in [9.17, 15) is 0 Å². The number of nitrogens with one attached hydrogen (secondary N) is 1. The van der Waals surface area contributed by atoms with Crippen molar-refractivity contribution in [2.75, 3.05) is 7.05 Å². The van der Waals surface area contributed by atoms with Crippen molar-refractivity contribution >= 4 is 0 Å². The van der Waals surface area contributed by atoms with Gasteiger partial charge in [0.05, 0.1) is 0 Å². The molecule has 74 valence electrons. The predicted molar refractivity (Wildman–Crippen MR) is 56.4 cm³/mol. The van der Waals surface area contributed by atoms with E-state index in [0.717, 1.165) is 5.92 Å². The maximum Gasteiger partial charge on any atom is 0.00872 e. The molecule has 0 saturated heterocycles. The first-order valence-electron chi connectivity index (χ1n) is 5.04. The quantitative estimate of drug-likeness (QED) is 0.685. The normalized spacial score (nSPS) is 15.2. The van der Waals surface area contributed by atoms with Crippen LogP contribution in [0.15, 0.2) is 0 Å². The fourth-order valence-electron chi connectivity index (χ4n) is 1.40. The summed E-state index contributed by atoms with van der Waals surface area (Å²) in [6.07, 6.45) is 2.59. The van der Waals surface area contributed by atoms with Crippen molar-refractivity contribution in [2.45, 2.75) is 53.5 Å². The lowest BCUT2D eigenvalue weighted by Gasteiger charge is -2.25. The minimum Gasteiger partial charge on any atom is -0.317 e. The Morgan fingerprint density at radius 3 is 1.92 bits per heavy atom. The molecule has 0 heterocycles. The first kappa shape index (κ1) is 12.0. The van der Waals surface area contributed by atoms with E-state index in [4.69, 9.17) is 0 Å². The monoisotopic (exact) mass is 171 g/mol. The Kier molecular flexibility index (Phi) is 4.84. The summed E-state index contributed by atoms with van der Waals surface area (Å²) in [5.41, 5.74) is 0.476. The minimum atomic E-state index is 0.476. The van der Waals surface area contributed by atoms with Gasteiger partial charge in [0.25, 0.3) is 0 Å². The van der Waals surface area contributed by atoms with Crippen molar-refractivity contribution in [3.05, 3.63) is 0 Å². The molecular formula is C11H25N. The van der Waals surface area contributed by atoms with Crippen LogP contribution in [0.2, 0.25) is 0 Å². The van der Waals surface area contributed by atoms with Crippen molar-refractivity contribution < 1.29 is 0 Å². The zero-order chi connectivity index (χ0) is 9.78. The van der Waals surface area contributed by atoms with Crippen molar-refractivity contribution in [1.29, 1.82) is 0 Å². The van der Waals surface area contributed by atoms with Gasteiger partial charge in [0.2, 0.25) is 0 Å². The molecule has 0 saturated carbocycles. The molecule has 0 fully saturated rings. The second-order valence-electron chi connectivity index (χ2n) is 5.24. The van der Waals surface area contributed by atoms with Crippen LogP contribution in [0.25, 0.3) is 0 Å². The fourth-order valence-corrected chi connectivity index (χ4v) is 1.40. The molecule has 1 heteroatoms. The Hall–Kier alpha value is -0.0400. The summed E-state index contributed by atoms with van der Waals surface area (Å²) >= 11 is 0. The molecule has 0 aromatic rings. The van der Waals surface area contributed by atoms with Gasteiger partial charge in [-0.2, -0.15) is 0 Å². The summed E-state index contributed by atoms with van der Waals surface area (Å²) in [6.45, 7) is 11.5. The zero-order valence-corrected chi connectivity index (χ0v) is 9.57. The van der Waals surface area contributed by atoms with Gasteiger partial charge >= 0.3 is 0 Å². The average Bonchev–Trinajstić information content (AvgIpc) is 1.85. The lowest BCUT2D eigenvalue weighted by molar-refractivity contribution is 0.305. The number of hydrogen-bond acceptors (Lipinski definition) is 1. The average molecular weight is 171 g/mol. The van der Waals surface area contributed by atoms with E-state index in [1.165, 1.54) is 12.8 Å². The standard InChI is InChI=1S/C11H25N/c1-9(2)10(12-6)7-8-11(3,4)5/h9-10,12H,7-8H2,1-6H3. The van der Waals surface area contributed by atoms with Crippen LogP contribution < -0.4 is 5.32 Å². The highest BCUT2D eigenvalue weighted by atomic mass is 14.9. The van der Waals surface area contributed by atoms with Crippen LogP contribution in [0.4, 0.5) is 0 Å². The molecule has 0 aliphatic heterocycles. The van der Waals surface area contributed by atoms with Crippen LogP contribution in [0, 0.1) is 11.3 Å². The van der Waals surface area contributed by atoms with Gasteiger partial charge in [0.1, 0.15) is 0 Å². The number of rotatable bonds is 4. The van der Waals surface area contributed by atoms with Gasteiger partial charge in [-0.15, -0.1) is 0 Å². The van der Waals surface area contributed by atoms with Crippen LogP contribution in [0.5, 0.6) is 0 Å². The molecule has 1 nitrogen and oxygen atoms in total. The first-order chi connectivity index (χ1) is 5.37. The van der Waals surface area contributed by atoms with Crippen molar-refractivity contribution in [1.82, 2.24) is 5.32 Å². The molecule has 0 spiro atoms. The lowest BCUT2D eigenvalue weighted by atomic mass is 9.86. The van der Waals surface area contributed by atoms with Gasteiger partial charge in [-0.25, -0.2) is 0 Å². The van der Waals surface area contributed by atoms with E-state index in [0.29, 0.717) is 11.5 Å². The molecule has 0 aliphatic carbocycles. The molecule has 1 N–H and O–H groups in total. The summed E-state index contributed by atoms with van der Waals surface area (Å²) in [5.74, 6) is 0.748. The SMILES string of the molecule is CNC(CCC(C)(C)C)C(C)C. The summed E-state index contributed by atoms with van der Waals surface area (Å²) in [7, 11) is 2.06. The van der Waals surface area contributed by atoms with E-state index in [-0.39, 0.29) is 0 Å². The third-order valence-corrected chi connectivity index (χ3v) is 2.38. The largest absolute Gasteiger partial charge is 0.317 e. The van der Waals surface area contributed by atoms with Gasteiger partial charge in [-0.3, -0.25) is 0 Å². The van der Waals surface area contributed by atoms with E-state index in [2.05, 4.69) is 47.0 Å². The maximum atomic E-state index is 3.37. The summed E-state index contributed by atoms with van der Waals surface area (Å²) < 4.78 is 0. The number of hydrogen-bond donors (Lipinski definition) is 1. The van der Waals surface area contributed by atoms with E-state index >= 15 is 0 Å².